The fraction of sp³-hybridized carbons (Fsp3) is 0.917. The van der Waals surface area contributed by atoms with E-state index in [4.69, 9.17) is 0 Å². The van der Waals surface area contributed by atoms with Crippen molar-refractivity contribution in [2.75, 3.05) is 6.54 Å². The van der Waals surface area contributed by atoms with Crippen LogP contribution in [0.25, 0.3) is 0 Å². The summed E-state index contributed by atoms with van der Waals surface area (Å²) in [5, 5.41) is 6.54. The Labute approximate surface area is 104 Å². The van der Waals surface area contributed by atoms with Crippen molar-refractivity contribution in [3.8, 4) is 0 Å². The molecule has 4 heteroatoms. The Bertz CT molecular complexity index is 229. The fourth-order valence-corrected chi connectivity index (χ4v) is 2.78. The molecule has 2 N–H and O–H groups in total. The SMILES string of the molecule is CC1CCCC1NC(=O)CC1CCCN1.Cl. The first-order valence-electron chi connectivity index (χ1n) is 6.28. The number of carbonyl (C=O) groups excluding carboxylic acids is 1. The minimum atomic E-state index is 0. The van der Waals surface area contributed by atoms with Gasteiger partial charge in [-0.3, -0.25) is 4.79 Å². The minimum Gasteiger partial charge on any atom is -0.353 e. The lowest BCUT2D eigenvalue weighted by Gasteiger charge is -2.18. The van der Waals surface area contributed by atoms with E-state index in [-0.39, 0.29) is 18.3 Å². The van der Waals surface area contributed by atoms with E-state index in [0.29, 0.717) is 24.4 Å². The molecule has 0 aromatic rings. The zero-order chi connectivity index (χ0) is 10.7. The molecule has 94 valence electrons. The number of amides is 1. The monoisotopic (exact) mass is 246 g/mol. The van der Waals surface area contributed by atoms with Gasteiger partial charge >= 0.3 is 0 Å². The second-order valence-electron chi connectivity index (χ2n) is 5.08. The number of carbonyl (C=O) groups is 1. The van der Waals surface area contributed by atoms with E-state index >= 15 is 0 Å². The number of nitrogens with one attached hydrogen (secondary N) is 2. The predicted molar refractivity (Wildman–Crippen MR) is 67.8 cm³/mol. The fourth-order valence-electron chi connectivity index (χ4n) is 2.78. The molecule has 0 aromatic heterocycles. The quantitative estimate of drug-likeness (QED) is 0.798. The Morgan fingerprint density at radius 1 is 1.31 bits per heavy atom. The molecule has 16 heavy (non-hydrogen) atoms. The third kappa shape index (κ3) is 3.63. The number of rotatable bonds is 3. The van der Waals surface area contributed by atoms with E-state index in [1.54, 1.807) is 0 Å². The van der Waals surface area contributed by atoms with E-state index in [9.17, 15) is 4.79 Å². The average Bonchev–Trinajstić information content (AvgIpc) is 2.79. The second-order valence-corrected chi connectivity index (χ2v) is 5.08. The summed E-state index contributed by atoms with van der Waals surface area (Å²) in [6.45, 7) is 3.32. The third-order valence-corrected chi connectivity index (χ3v) is 3.80. The molecule has 1 aliphatic heterocycles. The normalized spacial score (nSPS) is 33.4. The van der Waals surface area contributed by atoms with Gasteiger partial charge in [0.15, 0.2) is 0 Å². The van der Waals surface area contributed by atoms with Gasteiger partial charge in [0.25, 0.3) is 0 Å². The molecule has 0 spiro atoms. The van der Waals surface area contributed by atoms with Crippen molar-refractivity contribution >= 4 is 18.3 Å². The van der Waals surface area contributed by atoms with Crippen LogP contribution in [0, 0.1) is 5.92 Å². The maximum Gasteiger partial charge on any atom is 0.221 e. The smallest absolute Gasteiger partial charge is 0.221 e. The van der Waals surface area contributed by atoms with Gasteiger partial charge < -0.3 is 10.6 Å². The molecule has 1 heterocycles. The highest BCUT2D eigenvalue weighted by Gasteiger charge is 2.26. The molecule has 2 fully saturated rings. The van der Waals surface area contributed by atoms with Crippen molar-refractivity contribution in [2.24, 2.45) is 5.92 Å². The van der Waals surface area contributed by atoms with E-state index in [1.165, 1.54) is 25.7 Å². The van der Waals surface area contributed by atoms with Crippen molar-refractivity contribution in [3.05, 3.63) is 0 Å². The van der Waals surface area contributed by atoms with Gasteiger partial charge in [0.05, 0.1) is 0 Å². The third-order valence-electron chi connectivity index (χ3n) is 3.80. The molecule has 0 radical (unpaired) electrons. The molecule has 3 atom stereocenters. The van der Waals surface area contributed by atoms with Crippen LogP contribution in [-0.2, 0) is 4.79 Å². The molecule has 1 amide bonds. The zero-order valence-corrected chi connectivity index (χ0v) is 10.8. The first kappa shape index (κ1) is 13.8. The van der Waals surface area contributed by atoms with Crippen molar-refractivity contribution < 1.29 is 4.79 Å². The van der Waals surface area contributed by atoms with Gasteiger partial charge in [-0.2, -0.15) is 0 Å². The van der Waals surface area contributed by atoms with Crippen LogP contribution in [0.3, 0.4) is 0 Å². The van der Waals surface area contributed by atoms with Crippen LogP contribution in [0.1, 0.15) is 45.4 Å². The topological polar surface area (TPSA) is 41.1 Å². The van der Waals surface area contributed by atoms with Gasteiger partial charge in [-0.05, 0) is 38.1 Å². The van der Waals surface area contributed by atoms with Crippen LogP contribution in [-0.4, -0.2) is 24.5 Å². The van der Waals surface area contributed by atoms with Gasteiger partial charge in [-0.25, -0.2) is 0 Å². The van der Waals surface area contributed by atoms with E-state index in [0.717, 1.165) is 13.0 Å². The van der Waals surface area contributed by atoms with Crippen molar-refractivity contribution in [1.82, 2.24) is 10.6 Å². The highest BCUT2D eigenvalue weighted by Crippen LogP contribution is 2.24. The second kappa shape index (κ2) is 6.45. The Morgan fingerprint density at radius 2 is 2.12 bits per heavy atom. The van der Waals surface area contributed by atoms with E-state index in [1.807, 2.05) is 0 Å². The van der Waals surface area contributed by atoms with Crippen molar-refractivity contribution in [3.63, 3.8) is 0 Å². The minimum absolute atomic E-state index is 0. The Kier molecular flexibility index (Phi) is 5.56. The predicted octanol–water partition coefficient (Wildman–Crippen LogP) is 1.86. The van der Waals surface area contributed by atoms with E-state index in [2.05, 4.69) is 17.6 Å². The maximum absolute atomic E-state index is 11.7. The standard InChI is InChI=1S/C12H22N2O.ClH/c1-9-4-2-6-11(9)14-12(15)8-10-5-3-7-13-10;/h9-11,13H,2-8H2,1H3,(H,14,15);1H. The summed E-state index contributed by atoms with van der Waals surface area (Å²) in [5.41, 5.74) is 0. The molecule has 2 rings (SSSR count). The number of hydrogen-bond donors (Lipinski definition) is 2. The summed E-state index contributed by atoms with van der Waals surface area (Å²) in [6.07, 6.45) is 6.76. The van der Waals surface area contributed by atoms with Gasteiger partial charge in [0.2, 0.25) is 5.91 Å². The molecule has 1 aliphatic carbocycles. The van der Waals surface area contributed by atoms with Crippen LogP contribution >= 0.6 is 12.4 Å². The van der Waals surface area contributed by atoms with Gasteiger partial charge in [-0.15, -0.1) is 12.4 Å². The molecule has 1 saturated heterocycles. The molecule has 3 unspecified atom stereocenters. The highest BCUT2D eigenvalue weighted by atomic mass is 35.5. The van der Waals surface area contributed by atoms with Gasteiger partial charge in [0.1, 0.15) is 0 Å². The first-order chi connectivity index (χ1) is 7.25. The lowest BCUT2D eigenvalue weighted by atomic mass is 10.1. The van der Waals surface area contributed by atoms with Crippen LogP contribution in [0.5, 0.6) is 0 Å². The molecular formula is C12H23ClN2O. The molecule has 0 bridgehead atoms. The summed E-state index contributed by atoms with van der Waals surface area (Å²) in [4.78, 5) is 11.7. The summed E-state index contributed by atoms with van der Waals surface area (Å²) in [7, 11) is 0. The van der Waals surface area contributed by atoms with Crippen LogP contribution < -0.4 is 10.6 Å². The molecule has 1 saturated carbocycles. The Morgan fingerprint density at radius 3 is 2.69 bits per heavy atom. The Hall–Kier alpha value is -0.280. The van der Waals surface area contributed by atoms with Crippen LogP contribution in [0.4, 0.5) is 0 Å². The summed E-state index contributed by atoms with van der Waals surface area (Å²) in [6, 6.07) is 0.876. The maximum atomic E-state index is 11.7. The van der Waals surface area contributed by atoms with Crippen molar-refractivity contribution in [2.45, 2.75) is 57.5 Å². The number of halogens is 1. The Balaban J connectivity index is 0.00000128. The highest BCUT2D eigenvalue weighted by molar-refractivity contribution is 5.85. The van der Waals surface area contributed by atoms with Gasteiger partial charge in [-0.1, -0.05) is 13.3 Å². The number of hydrogen-bond acceptors (Lipinski definition) is 2. The summed E-state index contributed by atoms with van der Waals surface area (Å²) in [5.74, 6) is 0.915. The van der Waals surface area contributed by atoms with Crippen LogP contribution in [0.15, 0.2) is 0 Å². The lowest BCUT2D eigenvalue weighted by molar-refractivity contribution is -0.122. The van der Waals surface area contributed by atoms with Gasteiger partial charge in [0, 0.05) is 18.5 Å². The molecule has 3 nitrogen and oxygen atoms in total. The molecule has 2 aliphatic rings. The first-order valence-corrected chi connectivity index (χ1v) is 6.28. The summed E-state index contributed by atoms with van der Waals surface area (Å²) < 4.78 is 0. The van der Waals surface area contributed by atoms with Crippen LogP contribution in [0.2, 0.25) is 0 Å². The lowest BCUT2D eigenvalue weighted by Crippen LogP contribution is -2.39. The average molecular weight is 247 g/mol. The molecular weight excluding hydrogens is 224 g/mol. The summed E-state index contributed by atoms with van der Waals surface area (Å²) >= 11 is 0. The van der Waals surface area contributed by atoms with Crippen molar-refractivity contribution in [1.29, 1.82) is 0 Å². The van der Waals surface area contributed by atoms with E-state index < -0.39 is 0 Å². The zero-order valence-electron chi connectivity index (χ0n) is 10.00. The largest absolute Gasteiger partial charge is 0.353 e. The molecule has 0 aromatic carbocycles.